The van der Waals surface area contributed by atoms with Gasteiger partial charge in [0.15, 0.2) is 0 Å². The summed E-state index contributed by atoms with van der Waals surface area (Å²) >= 11 is 0. The number of carbonyl (C=O) groups is 1. The highest BCUT2D eigenvalue weighted by Crippen LogP contribution is 2.28. The lowest BCUT2D eigenvalue weighted by molar-refractivity contribution is -0.146. The Morgan fingerprint density at radius 3 is 2.65 bits per heavy atom. The Hall–Kier alpha value is -1.68. The van der Waals surface area contributed by atoms with Gasteiger partial charge < -0.3 is 9.47 Å². The maximum absolute atomic E-state index is 13.3. The van der Waals surface area contributed by atoms with E-state index in [1.54, 1.807) is 32.2 Å². The van der Waals surface area contributed by atoms with Crippen LogP contribution in [0.2, 0.25) is 0 Å². The zero-order chi connectivity index (χ0) is 15.1. The molecule has 110 valence electrons. The van der Waals surface area contributed by atoms with Gasteiger partial charge in [-0.05, 0) is 37.0 Å². The Kier molecular flexibility index (Phi) is 6.39. The van der Waals surface area contributed by atoms with E-state index in [0.29, 0.717) is 18.4 Å². The molecule has 3 nitrogen and oxygen atoms in total. The normalized spacial score (nSPS) is 13.6. The maximum atomic E-state index is 13.3. The zero-order valence-corrected chi connectivity index (χ0v) is 12.2. The van der Waals surface area contributed by atoms with Gasteiger partial charge in [-0.3, -0.25) is 4.79 Å². The Balaban J connectivity index is 2.90. The molecule has 0 bridgehead atoms. The lowest BCUT2D eigenvalue weighted by atomic mass is 9.93. The van der Waals surface area contributed by atoms with Crippen molar-refractivity contribution in [3.63, 3.8) is 0 Å². The molecule has 0 aliphatic carbocycles. The van der Waals surface area contributed by atoms with Crippen LogP contribution in [0.3, 0.4) is 0 Å². The average molecular weight is 280 g/mol. The summed E-state index contributed by atoms with van der Waals surface area (Å²) in [6.45, 7) is 5.35. The van der Waals surface area contributed by atoms with Crippen molar-refractivity contribution in [3.05, 3.63) is 47.8 Å². The van der Waals surface area contributed by atoms with Crippen LogP contribution < -0.4 is 0 Å². The van der Waals surface area contributed by atoms with Gasteiger partial charge in [0.2, 0.25) is 0 Å². The van der Waals surface area contributed by atoms with Crippen LogP contribution in [0.25, 0.3) is 0 Å². The van der Waals surface area contributed by atoms with Gasteiger partial charge in [-0.2, -0.15) is 0 Å². The summed E-state index contributed by atoms with van der Waals surface area (Å²) in [5.74, 6) is -0.849. The average Bonchev–Trinajstić information content (AvgIpc) is 2.45. The van der Waals surface area contributed by atoms with E-state index in [1.165, 1.54) is 13.2 Å². The van der Waals surface area contributed by atoms with Gasteiger partial charge in [-0.1, -0.05) is 18.2 Å². The Bertz CT molecular complexity index is 471. The van der Waals surface area contributed by atoms with E-state index in [2.05, 4.69) is 6.58 Å². The van der Waals surface area contributed by atoms with E-state index in [4.69, 9.17) is 9.47 Å². The molecular weight excluding hydrogens is 259 g/mol. The Morgan fingerprint density at radius 2 is 2.15 bits per heavy atom. The van der Waals surface area contributed by atoms with Crippen molar-refractivity contribution in [2.75, 3.05) is 14.2 Å². The molecule has 1 rings (SSSR count). The van der Waals surface area contributed by atoms with Gasteiger partial charge >= 0.3 is 5.97 Å². The molecule has 0 aromatic heterocycles. The maximum Gasteiger partial charge on any atom is 0.309 e. The van der Waals surface area contributed by atoms with Crippen molar-refractivity contribution < 1.29 is 18.7 Å². The second kappa shape index (κ2) is 7.80. The summed E-state index contributed by atoms with van der Waals surface area (Å²) in [4.78, 5) is 11.7. The summed E-state index contributed by atoms with van der Waals surface area (Å²) in [5.41, 5.74) is 1.41. The fourth-order valence-corrected chi connectivity index (χ4v) is 2.15. The van der Waals surface area contributed by atoms with Crippen LogP contribution in [0.15, 0.2) is 30.9 Å². The monoisotopic (exact) mass is 280 g/mol. The summed E-state index contributed by atoms with van der Waals surface area (Å²) in [5, 5.41) is 0. The first-order valence-electron chi connectivity index (χ1n) is 6.51. The molecule has 1 aromatic carbocycles. The summed E-state index contributed by atoms with van der Waals surface area (Å²) < 4.78 is 23.5. The summed E-state index contributed by atoms with van der Waals surface area (Å²) in [6, 6.07) is 4.84. The molecule has 0 N–H and O–H groups in total. The fraction of sp³-hybridized carbons (Fsp3) is 0.438. The highest BCUT2D eigenvalue weighted by molar-refractivity contribution is 5.72. The number of methoxy groups -OCH3 is 2. The van der Waals surface area contributed by atoms with E-state index >= 15 is 0 Å². The number of carbonyl (C=O) groups excluding carboxylic acids is 1. The molecule has 0 saturated carbocycles. The van der Waals surface area contributed by atoms with Crippen molar-refractivity contribution in [1.82, 2.24) is 0 Å². The van der Waals surface area contributed by atoms with Crippen molar-refractivity contribution in [3.8, 4) is 0 Å². The first-order chi connectivity index (χ1) is 9.53. The molecule has 0 fully saturated rings. The second-order valence-electron chi connectivity index (χ2n) is 4.71. The van der Waals surface area contributed by atoms with Crippen molar-refractivity contribution in [1.29, 1.82) is 0 Å². The predicted octanol–water partition coefficient (Wildman–Crippen LogP) is 3.58. The lowest BCUT2D eigenvalue weighted by Gasteiger charge is -2.21. The number of hydrogen-bond donors (Lipinski definition) is 0. The number of benzene rings is 1. The van der Waals surface area contributed by atoms with Gasteiger partial charge in [0.25, 0.3) is 0 Å². The predicted molar refractivity (Wildman–Crippen MR) is 75.8 cm³/mol. The van der Waals surface area contributed by atoms with Gasteiger partial charge in [0.05, 0.1) is 19.1 Å². The first-order valence-corrected chi connectivity index (χ1v) is 6.51. The van der Waals surface area contributed by atoms with E-state index in [1.807, 2.05) is 0 Å². The van der Waals surface area contributed by atoms with Gasteiger partial charge in [-0.25, -0.2) is 4.39 Å². The minimum absolute atomic E-state index is 0.251. The van der Waals surface area contributed by atoms with Crippen molar-refractivity contribution in [2.24, 2.45) is 5.92 Å². The SMILES string of the molecule is C=CC[C@@H](C[C@@H](OC)c1ccc(F)c(C)c1)C(=O)OC. The van der Waals surface area contributed by atoms with E-state index in [0.717, 1.165) is 5.56 Å². The zero-order valence-electron chi connectivity index (χ0n) is 12.2. The van der Waals surface area contributed by atoms with E-state index in [9.17, 15) is 9.18 Å². The number of halogens is 1. The number of aryl methyl sites for hydroxylation is 1. The molecule has 0 aliphatic rings. The minimum Gasteiger partial charge on any atom is -0.469 e. The highest BCUT2D eigenvalue weighted by Gasteiger charge is 2.24. The van der Waals surface area contributed by atoms with Crippen LogP contribution in [0.5, 0.6) is 0 Å². The first kappa shape index (κ1) is 16.4. The number of allylic oxidation sites excluding steroid dienone is 1. The second-order valence-corrected chi connectivity index (χ2v) is 4.71. The largest absolute Gasteiger partial charge is 0.469 e. The summed E-state index contributed by atoms with van der Waals surface area (Å²) in [6.07, 6.45) is 2.40. The van der Waals surface area contributed by atoms with Crippen LogP contribution in [-0.2, 0) is 14.3 Å². The van der Waals surface area contributed by atoms with Crippen molar-refractivity contribution >= 4 is 5.97 Å². The summed E-state index contributed by atoms with van der Waals surface area (Å²) in [7, 11) is 2.94. The molecule has 0 aliphatic heterocycles. The molecule has 1 aromatic rings. The quantitative estimate of drug-likeness (QED) is 0.565. The fourth-order valence-electron chi connectivity index (χ4n) is 2.15. The number of esters is 1. The molecule has 0 unspecified atom stereocenters. The van der Waals surface area contributed by atoms with Crippen LogP contribution in [0.4, 0.5) is 4.39 Å². The molecule has 2 atom stereocenters. The molecule has 0 amide bonds. The molecule has 0 spiro atoms. The Morgan fingerprint density at radius 1 is 1.45 bits per heavy atom. The highest BCUT2D eigenvalue weighted by atomic mass is 19.1. The van der Waals surface area contributed by atoms with Crippen molar-refractivity contribution in [2.45, 2.75) is 25.9 Å². The van der Waals surface area contributed by atoms with Crippen LogP contribution in [0, 0.1) is 18.7 Å². The lowest BCUT2D eigenvalue weighted by Crippen LogP contribution is -2.19. The molecule has 0 radical (unpaired) electrons. The third-order valence-corrected chi connectivity index (χ3v) is 3.32. The standard InChI is InChI=1S/C16H21FO3/c1-5-6-13(16(18)20-4)10-15(19-3)12-7-8-14(17)11(2)9-12/h5,7-9,13,15H,1,6,10H2,2-4H3/t13-,15+/m0/s1. The minimum atomic E-state index is -0.312. The van der Waals surface area contributed by atoms with Gasteiger partial charge in [0, 0.05) is 7.11 Å². The molecule has 0 saturated heterocycles. The van der Waals surface area contributed by atoms with Crippen LogP contribution >= 0.6 is 0 Å². The van der Waals surface area contributed by atoms with E-state index in [-0.39, 0.29) is 23.8 Å². The Labute approximate surface area is 119 Å². The molecule has 4 heteroatoms. The molecule has 0 heterocycles. The van der Waals surface area contributed by atoms with Gasteiger partial charge in [-0.15, -0.1) is 6.58 Å². The topological polar surface area (TPSA) is 35.5 Å². The van der Waals surface area contributed by atoms with Crippen LogP contribution in [0.1, 0.15) is 30.1 Å². The molecule has 20 heavy (non-hydrogen) atoms. The molecular formula is C16H21FO3. The third-order valence-electron chi connectivity index (χ3n) is 3.32. The third kappa shape index (κ3) is 4.17. The smallest absolute Gasteiger partial charge is 0.309 e. The van der Waals surface area contributed by atoms with E-state index < -0.39 is 0 Å². The number of hydrogen-bond acceptors (Lipinski definition) is 3. The number of rotatable bonds is 7. The van der Waals surface area contributed by atoms with Crippen LogP contribution in [-0.4, -0.2) is 20.2 Å². The number of ether oxygens (including phenoxy) is 2. The van der Waals surface area contributed by atoms with Gasteiger partial charge in [0.1, 0.15) is 5.82 Å².